The van der Waals surface area contributed by atoms with Crippen LogP contribution in [0.2, 0.25) is 0 Å². The molecule has 0 saturated heterocycles. The molecule has 1 aromatic carbocycles. The van der Waals surface area contributed by atoms with E-state index in [0.717, 1.165) is 0 Å². The van der Waals surface area contributed by atoms with E-state index in [1.165, 1.54) is 26.4 Å². The Morgan fingerprint density at radius 1 is 1.35 bits per heavy atom. The summed E-state index contributed by atoms with van der Waals surface area (Å²) in [6.07, 6.45) is 0. The largest absolute Gasteiger partial charge is 0.497 e. The quantitative estimate of drug-likeness (QED) is 0.563. The van der Waals surface area contributed by atoms with E-state index < -0.39 is 10.0 Å². The standard InChI is InChI=1S/C10H16N2O4S/c1-15-6-5-12-17(13,14)10-4-3-8(16-2)7-9(10)11/h3-4,7,12H,5-6,11H2,1-2H3. The molecule has 0 saturated carbocycles. The molecular formula is C10H16N2O4S. The van der Waals surface area contributed by atoms with Crippen molar-refractivity contribution in [3.8, 4) is 5.75 Å². The molecule has 0 radical (unpaired) electrons. The van der Waals surface area contributed by atoms with E-state index in [1.807, 2.05) is 0 Å². The van der Waals surface area contributed by atoms with Crippen LogP contribution in [0, 0.1) is 0 Å². The Labute approximate surface area is 101 Å². The van der Waals surface area contributed by atoms with E-state index in [2.05, 4.69) is 4.72 Å². The number of rotatable bonds is 6. The maximum absolute atomic E-state index is 11.8. The van der Waals surface area contributed by atoms with Crippen LogP contribution in [0.1, 0.15) is 0 Å². The molecule has 0 fully saturated rings. The lowest BCUT2D eigenvalue weighted by Gasteiger charge is -2.09. The zero-order valence-electron chi connectivity index (χ0n) is 9.76. The summed E-state index contributed by atoms with van der Waals surface area (Å²) in [7, 11) is -0.617. The molecule has 0 aliphatic rings. The second-order valence-electron chi connectivity index (χ2n) is 3.29. The lowest BCUT2D eigenvalue weighted by atomic mass is 10.3. The fourth-order valence-electron chi connectivity index (χ4n) is 1.25. The van der Waals surface area contributed by atoms with E-state index in [-0.39, 0.29) is 17.1 Å². The van der Waals surface area contributed by atoms with E-state index in [0.29, 0.717) is 12.4 Å². The van der Waals surface area contributed by atoms with Crippen LogP contribution in [-0.4, -0.2) is 35.8 Å². The van der Waals surface area contributed by atoms with Gasteiger partial charge in [-0.2, -0.15) is 0 Å². The zero-order chi connectivity index (χ0) is 12.9. The van der Waals surface area contributed by atoms with Gasteiger partial charge in [-0.1, -0.05) is 0 Å². The van der Waals surface area contributed by atoms with Crippen LogP contribution in [-0.2, 0) is 14.8 Å². The average molecular weight is 260 g/mol. The van der Waals surface area contributed by atoms with Crippen molar-refractivity contribution in [3.05, 3.63) is 18.2 Å². The second kappa shape index (κ2) is 5.85. The van der Waals surface area contributed by atoms with Crippen molar-refractivity contribution in [1.82, 2.24) is 4.72 Å². The summed E-state index contributed by atoms with van der Waals surface area (Å²) < 4.78 is 35.8. The summed E-state index contributed by atoms with van der Waals surface area (Å²) >= 11 is 0. The molecule has 0 amide bonds. The van der Waals surface area contributed by atoms with E-state index in [9.17, 15) is 8.42 Å². The number of hydrogen-bond acceptors (Lipinski definition) is 5. The van der Waals surface area contributed by atoms with E-state index in [4.69, 9.17) is 15.2 Å². The third-order valence-electron chi connectivity index (χ3n) is 2.10. The number of benzene rings is 1. The number of ether oxygens (including phenoxy) is 2. The van der Waals surface area contributed by atoms with Crippen molar-refractivity contribution in [2.75, 3.05) is 33.1 Å². The number of nitrogens with two attached hydrogens (primary N) is 1. The molecule has 6 nitrogen and oxygen atoms in total. The molecule has 0 aliphatic heterocycles. The van der Waals surface area contributed by atoms with Gasteiger partial charge >= 0.3 is 0 Å². The van der Waals surface area contributed by atoms with Crippen LogP contribution in [0.4, 0.5) is 5.69 Å². The van der Waals surface area contributed by atoms with Crippen molar-refractivity contribution in [2.45, 2.75) is 4.90 Å². The predicted octanol–water partition coefficient (Wildman–Crippen LogP) is 0.202. The monoisotopic (exact) mass is 260 g/mol. The molecule has 0 unspecified atom stereocenters. The Morgan fingerprint density at radius 3 is 2.59 bits per heavy atom. The first-order chi connectivity index (χ1) is 8.01. The number of sulfonamides is 1. The highest BCUT2D eigenvalue weighted by Crippen LogP contribution is 2.23. The second-order valence-corrected chi connectivity index (χ2v) is 5.03. The lowest BCUT2D eigenvalue weighted by molar-refractivity contribution is 0.204. The van der Waals surface area contributed by atoms with Gasteiger partial charge in [0, 0.05) is 19.7 Å². The van der Waals surface area contributed by atoms with Crippen LogP contribution in [0.3, 0.4) is 0 Å². The molecule has 3 N–H and O–H groups in total. The maximum atomic E-state index is 11.8. The maximum Gasteiger partial charge on any atom is 0.242 e. The summed E-state index contributed by atoms with van der Waals surface area (Å²) in [4.78, 5) is 0.0365. The van der Waals surface area contributed by atoms with E-state index >= 15 is 0 Å². The van der Waals surface area contributed by atoms with Gasteiger partial charge in [0.25, 0.3) is 0 Å². The van der Waals surface area contributed by atoms with Gasteiger partial charge in [0.15, 0.2) is 0 Å². The predicted molar refractivity (Wildman–Crippen MR) is 64.5 cm³/mol. The van der Waals surface area contributed by atoms with Gasteiger partial charge < -0.3 is 15.2 Å². The summed E-state index contributed by atoms with van der Waals surface area (Å²) in [6, 6.07) is 4.41. The smallest absolute Gasteiger partial charge is 0.242 e. The van der Waals surface area contributed by atoms with Crippen molar-refractivity contribution in [1.29, 1.82) is 0 Å². The minimum Gasteiger partial charge on any atom is -0.497 e. The third kappa shape index (κ3) is 3.58. The molecule has 0 bridgehead atoms. The number of nitrogens with one attached hydrogen (secondary N) is 1. The van der Waals surface area contributed by atoms with Crippen LogP contribution < -0.4 is 15.2 Å². The Balaban J connectivity index is 2.91. The molecule has 0 aliphatic carbocycles. The molecule has 1 rings (SSSR count). The summed E-state index contributed by atoms with van der Waals surface area (Å²) in [6.45, 7) is 0.500. The van der Waals surface area contributed by atoms with Gasteiger partial charge in [-0.15, -0.1) is 0 Å². The average Bonchev–Trinajstić information content (AvgIpc) is 2.28. The SMILES string of the molecule is COCCNS(=O)(=O)c1ccc(OC)cc1N. The number of methoxy groups -OCH3 is 2. The van der Waals surface area contributed by atoms with Crippen LogP contribution in [0.25, 0.3) is 0 Å². The third-order valence-corrected chi connectivity index (χ3v) is 3.64. The van der Waals surface area contributed by atoms with Gasteiger partial charge in [-0.25, -0.2) is 13.1 Å². The Morgan fingerprint density at radius 2 is 2.06 bits per heavy atom. The van der Waals surface area contributed by atoms with Gasteiger partial charge in [-0.05, 0) is 12.1 Å². The van der Waals surface area contributed by atoms with Crippen molar-refractivity contribution in [3.63, 3.8) is 0 Å². The summed E-state index contributed by atoms with van der Waals surface area (Å²) in [5, 5.41) is 0. The topological polar surface area (TPSA) is 90.6 Å². The molecule has 0 heterocycles. The van der Waals surface area contributed by atoms with Gasteiger partial charge in [0.2, 0.25) is 10.0 Å². The van der Waals surface area contributed by atoms with Crippen molar-refractivity contribution in [2.24, 2.45) is 0 Å². The summed E-state index contributed by atoms with van der Waals surface area (Å²) in [5.41, 5.74) is 5.80. The number of anilines is 1. The van der Waals surface area contributed by atoms with Gasteiger partial charge in [0.1, 0.15) is 10.6 Å². The van der Waals surface area contributed by atoms with Crippen LogP contribution >= 0.6 is 0 Å². The molecule has 0 atom stereocenters. The molecule has 0 spiro atoms. The van der Waals surface area contributed by atoms with Gasteiger partial charge in [-0.3, -0.25) is 0 Å². The molecule has 7 heteroatoms. The molecule has 96 valence electrons. The Hall–Kier alpha value is -1.31. The van der Waals surface area contributed by atoms with Crippen LogP contribution in [0.15, 0.2) is 23.1 Å². The van der Waals surface area contributed by atoms with Gasteiger partial charge in [0.05, 0.1) is 19.4 Å². The first-order valence-corrected chi connectivity index (χ1v) is 6.41. The highest BCUT2D eigenvalue weighted by Gasteiger charge is 2.17. The number of hydrogen-bond donors (Lipinski definition) is 2. The molecule has 0 aromatic heterocycles. The highest BCUT2D eigenvalue weighted by atomic mass is 32.2. The highest BCUT2D eigenvalue weighted by molar-refractivity contribution is 7.89. The fourth-order valence-corrected chi connectivity index (χ4v) is 2.38. The molecule has 17 heavy (non-hydrogen) atoms. The fraction of sp³-hybridized carbons (Fsp3) is 0.400. The molecule has 1 aromatic rings. The first-order valence-electron chi connectivity index (χ1n) is 4.93. The normalized spacial score (nSPS) is 11.4. The van der Waals surface area contributed by atoms with E-state index in [1.54, 1.807) is 6.07 Å². The first kappa shape index (κ1) is 13.8. The minimum atomic E-state index is -3.60. The zero-order valence-corrected chi connectivity index (χ0v) is 10.6. The minimum absolute atomic E-state index is 0.0365. The lowest BCUT2D eigenvalue weighted by Crippen LogP contribution is -2.27. The summed E-state index contributed by atoms with van der Waals surface area (Å²) in [5.74, 6) is 0.512. The Bertz CT molecular complexity index is 473. The molecular weight excluding hydrogens is 244 g/mol. The van der Waals surface area contributed by atoms with Crippen molar-refractivity contribution < 1.29 is 17.9 Å². The van der Waals surface area contributed by atoms with Crippen molar-refractivity contribution >= 4 is 15.7 Å². The number of nitrogen functional groups attached to an aromatic ring is 1. The van der Waals surface area contributed by atoms with Crippen LogP contribution in [0.5, 0.6) is 5.75 Å². The Kier molecular flexibility index (Phi) is 4.73.